The van der Waals surface area contributed by atoms with Crippen LogP contribution < -0.4 is 15.4 Å². The lowest BCUT2D eigenvalue weighted by Crippen LogP contribution is -2.19. The second kappa shape index (κ2) is 8.26. The van der Waals surface area contributed by atoms with Crippen molar-refractivity contribution >= 4 is 17.4 Å². The molecule has 0 aliphatic rings. The fourth-order valence-corrected chi connectivity index (χ4v) is 3.04. The van der Waals surface area contributed by atoms with Crippen LogP contribution in [-0.2, 0) is 0 Å². The summed E-state index contributed by atoms with van der Waals surface area (Å²) in [5.41, 5.74) is 5.00. The zero-order chi connectivity index (χ0) is 20.1. The van der Waals surface area contributed by atoms with Crippen LogP contribution in [0.25, 0.3) is 22.4 Å². The lowest BCUT2D eigenvalue weighted by Gasteiger charge is -2.11. The standard InChI is InChI=1S/C22H19N5O2/c1-29-20-8-3-2-7-19(20)26-22(28)25-17-6-4-5-16(13-17)21-18(14-24-27-21)15-9-11-23-12-10-15/h2-14H,1H3,(H,24,27)(H2,25,26,28). The van der Waals surface area contributed by atoms with Crippen LogP contribution in [-0.4, -0.2) is 28.3 Å². The number of para-hydroxylation sites is 2. The number of urea groups is 1. The Labute approximate surface area is 167 Å². The van der Waals surface area contributed by atoms with Crippen molar-refractivity contribution in [3.63, 3.8) is 0 Å². The molecule has 0 fully saturated rings. The molecule has 0 unspecified atom stereocenters. The monoisotopic (exact) mass is 385 g/mol. The van der Waals surface area contributed by atoms with E-state index in [1.807, 2.05) is 48.5 Å². The fraction of sp³-hybridized carbons (Fsp3) is 0.0455. The highest BCUT2D eigenvalue weighted by atomic mass is 16.5. The van der Waals surface area contributed by atoms with Crippen LogP contribution in [0.4, 0.5) is 16.2 Å². The Morgan fingerprint density at radius 1 is 0.966 bits per heavy atom. The zero-order valence-corrected chi connectivity index (χ0v) is 15.7. The minimum Gasteiger partial charge on any atom is -0.495 e. The van der Waals surface area contributed by atoms with Gasteiger partial charge in [0.25, 0.3) is 0 Å². The maximum Gasteiger partial charge on any atom is 0.323 e. The average molecular weight is 385 g/mol. The van der Waals surface area contributed by atoms with Crippen molar-refractivity contribution in [1.82, 2.24) is 15.2 Å². The first-order valence-corrected chi connectivity index (χ1v) is 9.00. The van der Waals surface area contributed by atoms with Crippen molar-refractivity contribution in [1.29, 1.82) is 0 Å². The first-order chi connectivity index (χ1) is 14.2. The Morgan fingerprint density at radius 2 is 1.79 bits per heavy atom. The van der Waals surface area contributed by atoms with E-state index < -0.39 is 0 Å². The highest BCUT2D eigenvalue weighted by Crippen LogP contribution is 2.31. The van der Waals surface area contributed by atoms with Crippen molar-refractivity contribution in [3.8, 4) is 28.1 Å². The molecule has 2 heterocycles. The van der Waals surface area contributed by atoms with E-state index in [4.69, 9.17) is 4.74 Å². The van der Waals surface area contributed by atoms with Crippen molar-refractivity contribution in [3.05, 3.63) is 79.3 Å². The molecule has 0 saturated heterocycles. The second-order valence-electron chi connectivity index (χ2n) is 6.25. The first kappa shape index (κ1) is 18.2. The predicted octanol–water partition coefficient (Wildman–Crippen LogP) is 4.79. The molecule has 4 rings (SSSR count). The normalized spacial score (nSPS) is 10.4. The molecule has 2 aromatic carbocycles. The highest BCUT2D eigenvalue weighted by Gasteiger charge is 2.12. The number of hydrogen-bond acceptors (Lipinski definition) is 4. The fourth-order valence-electron chi connectivity index (χ4n) is 3.04. The number of rotatable bonds is 5. The number of ether oxygens (including phenoxy) is 1. The number of carbonyl (C=O) groups excluding carboxylic acids is 1. The van der Waals surface area contributed by atoms with Gasteiger partial charge in [0.15, 0.2) is 0 Å². The van der Waals surface area contributed by atoms with E-state index >= 15 is 0 Å². The van der Waals surface area contributed by atoms with Crippen LogP contribution in [0.5, 0.6) is 5.75 Å². The minimum absolute atomic E-state index is 0.356. The summed E-state index contributed by atoms with van der Waals surface area (Å²) in [6.45, 7) is 0. The lowest BCUT2D eigenvalue weighted by atomic mass is 10.0. The van der Waals surface area contributed by atoms with Crippen molar-refractivity contribution in [2.75, 3.05) is 17.7 Å². The van der Waals surface area contributed by atoms with Gasteiger partial charge in [0.2, 0.25) is 0 Å². The summed E-state index contributed by atoms with van der Waals surface area (Å²) in [4.78, 5) is 16.5. The Balaban J connectivity index is 1.54. The summed E-state index contributed by atoms with van der Waals surface area (Å²) in [5.74, 6) is 0.593. The van der Waals surface area contributed by atoms with Gasteiger partial charge < -0.3 is 15.4 Å². The molecule has 0 atom stereocenters. The van der Waals surface area contributed by atoms with Gasteiger partial charge in [-0.1, -0.05) is 24.3 Å². The maximum atomic E-state index is 12.4. The molecule has 4 aromatic rings. The van der Waals surface area contributed by atoms with Crippen LogP contribution in [0.3, 0.4) is 0 Å². The third-order valence-corrected chi connectivity index (χ3v) is 4.39. The summed E-state index contributed by atoms with van der Waals surface area (Å²) < 4.78 is 5.26. The number of pyridine rings is 1. The van der Waals surface area contributed by atoms with Gasteiger partial charge in [-0.3, -0.25) is 10.1 Å². The van der Waals surface area contributed by atoms with Crippen LogP contribution in [0.15, 0.2) is 79.3 Å². The molecular weight excluding hydrogens is 366 g/mol. The third kappa shape index (κ3) is 4.08. The smallest absolute Gasteiger partial charge is 0.323 e. The SMILES string of the molecule is COc1ccccc1NC(=O)Nc1cccc(-c2[nH]ncc2-c2ccncc2)c1. The molecule has 0 saturated carbocycles. The second-order valence-corrected chi connectivity index (χ2v) is 6.25. The van der Waals surface area contributed by atoms with E-state index in [-0.39, 0.29) is 6.03 Å². The van der Waals surface area contributed by atoms with E-state index in [0.717, 1.165) is 22.4 Å². The molecule has 2 aromatic heterocycles. The lowest BCUT2D eigenvalue weighted by molar-refractivity contribution is 0.262. The van der Waals surface area contributed by atoms with Crippen LogP contribution in [0, 0.1) is 0 Å². The quantitative estimate of drug-likeness (QED) is 0.460. The molecule has 29 heavy (non-hydrogen) atoms. The van der Waals surface area contributed by atoms with Gasteiger partial charge in [0.1, 0.15) is 5.75 Å². The number of H-pyrrole nitrogens is 1. The van der Waals surface area contributed by atoms with E-state index in [1.165, 1.54) is 0 Å². The van der Waals surface area contributed by atoms with E-state index in [2.05, 4.69) is 25.8 Å². The predicted molar refractivity (Wildman–Crippen MR) is 113 cm³/mol. The number of aromatic nitrogens is 3. The van der Waals surface area contributed by atoms with Crippen molar-refractivity contribution < 1.29 is 9.53 Å². The van der Waals surface area contributed by atoms with Gasteiger partial charge in [-0.05, 0) is 42.0 Å². The van der Waals surface area contributed by atoms with E-state index in [0.29, 0.717) is 17.1 Å². The van der Waals surface area contributed by atoms with Crippen molar-refractivity contribution in [2.24, 2.45) is 0 Å². The molecule has 144 valence electrons. The van der Waals surface area contributed by atoms with Gasteiger partial charge in [-0.15, -0.1) is 0 Å². The average Bonchev–Trinajstić information content (AvgIpc) is 3.25. The molecule has 0 aliphatic carbocycles. The Kier molecular flexibility index (Phi) is 5.20. The molecule has 0 aliphatic heterocycles. The molecular formula is C22H19N5O2. The van der Waals surface area contributed by atoms with E-state index in [9.17, 15) is 4.79 Å². The Morgan fingerprint density at radius 3 is 2.62 bits per heavy atom. The number of benzene rings is 2. The Hall–Kier alpha value is -4.13. The number of anilines is 2. The van der Waals surface area contributed by atoms with Crippen molar-refractivity contribution in [2.45, 2.75) is 0 Å². The maximum absolute atomic E-state index is 12.4. The molecule has 0 spiro atoms. The minimum atomic E-state index is -0.356. The summed E-state index contributed by atoms with van der Waals surface area (Å²) in [6, 6.07) is 18.3. The number of carbonyl (C=O) groups is 1. The molecule has 0 radical (unpaired) electrons. The topological polar surface area (TPSA) is 91.9 Å². The third-order valence-electron chi connectivity index (χ3n) is 4.39. The van der Waals surface area contributed by atoms with Gasteiger partial charge in [0, 0.05) is 29.2 Å². The molecule has 7 nitrogen and oxygen atoms in total. The van der Waals surface area contributed by atoms with E-state index in [1.54, 1.807) is 37.8 Å². The van der Waals surface area contributed by atoms with Crippen LogP contribution in [0.2, 0.25) is 0 Å². The number of nitrogens with zero attached hydrogens (tertiary/aromatic N) is 2. The van der Waals surface area contributed by atoms with Crippen LogP contribution >= 0.6 is 0 Å². The number of methoxy groups -OCH3 is 1. The molecule has 0 bridgehead atoms. The highest BCUT2D eigenvalue weighted by molar-refractivity contribution is 6.01. The largest absolute Gasteiger partial charge is 0.495 e. The summed E-state index contributed by atoms with van der Waals surface area (Å²) >= 11 is 0. The number of hydrogen-bond donors (Lipinski definition) is 3. The zero-order valence-electron chi connectivity index (χ0n) is 15.7. The first-order valence-electron chi connectivity index (χ1n) is 9.00. The summed E-state index contributed by atoms with van der Waals surface area (Å²) in [6.07, 6.45) is 5.26. The Bertz CT molecular complexity index is 1120. The molecule has 7 heteroatoms. The number of nitrogens with one attached hydrogen (secondary N) is 3. The van der Waals surface area contributed by atoms with Gasteiger partial charge in [0.05, 0.1) is 24.7 Å². The number of amides is 2. The summed E-state index contributed by atoms with van der Waals surface area (Å²) in [7, 11) is 1.56. The molecule has 2 amide bonds. The van der Waals surface area contributed by atoms with Gasteiger partial charge in [-0.25, -0.2) is 4.79 Å². The van der Waals surface area contributed by atoms with Gasteiger partial charge >= 0.3 is 6.03 Å². The van der Waals surface area contributed by atoms with Gasteiger partial charge in [-0.2, -0.15) is 5.10 Å². The summed E-state index contributed by atoms with van der Waals surface area (Å²) in [5, 5.41) is 12.9. The molecule has 3 N–H and O–H groups in total. The van der Waals surface area contributed by atoms with Crippen LogP contribution in [0.1, 0.15) is 0 Å². The number of aromatic amines is 1.